The fourth-order valence-corrected chi connectivity index (χ4v) is 2.57. The summed E-state index contributed by atoms with van der Waals surface area (Å²) in [5, 5.41) is 2.96. The summed E-state index contributed by atoms with van der Waals surface area (Å²) in [4.78, 5) is 16.2. The van der Waals surface area contributed by atoms with Crippen molar-refractivity contribution in [2.24, 2.45) is 0 Å². The lowest BCUT2D eigenvalue weighted by atomic mass is 10.1. The molecule has 1 saturated heterocycles. The Morgan fingerprint density at radius 3 is 2.33 bits per heavy atom. The molecule has 0 bridgehead atoms. The lowest BCUT2D eigenvalue weighted by molar-refractivity contribution is 0.192. The van der Waals surface area contributed by atoms with Crippen molar-refractivity contribution in [3.8, 4) is 0 Å². The van der Waals surface area contributed by atoms with Crippen LogP contribution in [-0.4, -0.2) is 43.2 Å². The van der Waals surface area contributed by atoms with Crippen molar-refractivity contribution in [1.82, 2.24) is 10.2 Å². The van der Waals surface area contributed by atoms with Gasteiger partial charge in [0.05, 0.1) is 0 Å². The molecule has 21 heavy (non-hydrogen) atoms. The zero-order valence-corrected chi connectivity index (χ0v) is 14.2. The van der Waals surface area contributed by atoms with Crippen molar-refractivity contribution < 1.29 is 4.79 Å². The highest BCUT2D eigenvalue weighted by Gasteiger charge is 2.22. The van der Waals surface area contributed by atoms with E-state index < -0.39 is 0 Å². The molecule has 5 heteroatoms. The fourth-order valence-electron chi connectivity index (χ4n) is 2.57. The van der Waals surface area contributed by atoms with E-state index in [0.717, 1.165) is 26.2 Å². The molecule has 0 atom stereocenters. The summed E-state index contributed by atoms with van der Waals surface area (Å²) < 4.78 is 0. The Labute approximate surface area is 133 Å². The third-order valence-corrected chi connectivity index (χ3v) is 3.90. The number of carbonyl (C=O) groups excluding carboxylic acids is 1. The second-order valence-corrected chi connectivity index (χ2v) is 5.80. The molecule has 0 saturated carbocycles. The van der Waals surface area contributed by atoms with Crippen LogP contribution in [0.4, 0.5) is 10.5 Å². The Morgan fingerprint density at radius 2 is 1.76 bits per heavy atom. The summed E-state index contributed by atoms with van der Waals surface area (Å²) in [6.45, 7) is 11.7. The van der Waals surface area contributed by atoms with E-state index in [9.17, 15) is 4.79 Å². The Balaban J connectivity index is 0.00000220. The zero-order chi connectivity index (χ0) is 14.7. The van der Waals surface area contributed by atoms with Crippen LogP contribution in [0.3, 0.4) is 0 Å². The molecule has 4 nitrogen and oxygen atoms in total. The van der Waals surface area contributed by atoms with Gasteiger partial charge >= 0.3 is 6.03 Å². The lowest BCUT2D eigenvalue weighted by Crippen LogP contribution is -2.53. The van der Waals surface area contributed by atoms with Gasteiger partial charge in [0.25, 0.3) is 0 Å². The first-order valence-electron chi connectivity index (χ1n) is 7.35. The smallest absolute Gasteiger partial charge is 0.317 e. The molecule has 2 rings (SSSR count). The number of amides is 2. The monoisotopic (exact) mass is 311 g/mol. The molecule has 0 aromatic heterocycles. The normalized spacial score (nSPS) is 14.9. The summed E-state index contributed by atoms with van der Waals surface area (Å²) in [6, 6.07) is 6.67. The summed E-state index contributed by atoms with van der Waals surface area (Å²) in [5.74, 6) is 0. The molecule has 1 fully saturated rings. The number of aryl methyl sites for hydroxylation is 1. The number of halogens is 1. The van der Waals surface area contributed by atoms with Crippen molar-refractivity contribution in [3.05, 3.63) is 29.3 Å². The number of carbonyl (C=O) groups is 1. The lowest BCUT2D eigenvalue weighted by Gasteiger charge is -2.37. The molecular weight excluding hydrogens is 286 g/mol. The van der Waals surface area contributed by atoms with E-state index in [4.69, 9.17) is 0 Å². The molecule has 1 aromatic rings. The summed E-state index contributed by atoms with van der Waals surface area (Å²) in [6.07, 6.45) is 0. The number of nitrogens with one attached hydrogen (secondary N) is 1. The standard InChI is InChI=1S/C16H25N3O.ClH/c1-12(2)17-16(20)19-10-8-18(9-11-19)15-7-5-6-13(3)14(15)4;/h5-7,12H,8-11H2,1-4H3,(H,17,20);1H. The maximum absolute atomic E-state index is 12.0. The van der Waals surface area contributed by atoms with Gasteiger partial charge in [0.2, 0.25) is 0 Å². The SMILES string of the molecule is Cc1cccc(N2CCN(C(=O)NC(C)C)CC2)c1C.Cl. The van der Waals surface area contributed by atoms with Crippen LogP contribution in [0.1, 0.15) is 25.0 Å². The van der Waals surface area contributed by atoms with Crippen LogP contribution in [0.25, 0.3) is 0 Å². The van der Waals surface area contributed by atoms with Crippen molar-refractivity contribution in [1.29, 1.82) is 0 Å². The first-order valence-corrected chi connectivity index (χ1v) is 7.35. The van der Waals surface area contributed by atoms with E-state index in [2.05, 4.69) is 42.3 Å². The van der Waals surface area contributed by atoms with E-state index in [-0.39, 0.29) is 24.5 Å². The highest BCUT2D eigenvalue weighted by molar-refractivity contribution is 5.85. The van der Waals surface area contributed by atoms with Gasteiger partial charge in [0, 0.05) is 37.9 Å². The number of hydrogen-bond donors (Lipinski definition) is 1. The van der Waals surface area contributed by atoms with Gasteiger partial charge in [-0.15, -0.1) is 12.4 Å². The largest absolute Gasteiger partial charge is 0.368 e. The second kappa shape index (κ2) is 7.55. The van der Waals surface area contributed by atoms with Crippen LogP contribution in [-0.2, 0) is 0 Å². The third kappa shape index (κ3) is 4.27. The van der Waals surface area contributed by atoms with Gasteiger partial charge in [-0.25, -0.2) is 4.79 Å². The fraction of sp³-hybridized carbons (Fsp3) is 0.562. The Bertz CT molecular complexity index is 482. The molecule has 1 aliphatic rings. The van der Waals surface area contributed by atoms with Gasteiger partial charge in [0.1, 0.15) is 0 Å². The van der Waals surface area contributed by atoms with Crippen LogP contribution >= 0.6 is 12.4 Å². The molecule has 0 aliphatic carbocycles. The maximum Gasteiger partial charge on any atom is 0.317 e. The highest BCUT2D eigenvalue weighted by Crippen LogP contribution is 2.23. The Morgan fingerprint density at radius 1 is 1.14 bits per heavy atom. The molecule has 0 radical (unpaired) electrons. The highest BCUT2D eigenvalue weighted by atomic mass is 35.5. The van der Waals surface area contributed by atoms with Crippen LogP contribution in [0, 0.1) is 13.8 Å². The number of nitrogens with zero attached hydrogens (tertiary/aromatic N) is 2. The average Bonchev–Trinajstić information content (AvgIpc) is 2.41. The van der Waals surface area contributed by atoms with E-state index >= 15 is 0 Å². The van der Waals surface area contributed by atoms with Gasteiger partial charge < -0.3 is 15.1 Å². The minimum atomic E-state index is 0. The van der Waals surface area contributed by atoms with Gasteiger partial charge in [-0.1, -0.05) is 12.1 Å². The number of piperazine rings is 1. The van der Waals surface area contributed by atoms with Crippen LogP contribution in [0.2, 0.25) is 0 Å². The number of rotatable bonds is 2. The van der Waals surface area contributed by atoms with E-state index in [1.807, 2.05) is 18.7 Å². The summed E-state index contributed by atoms with van der Waals surface area (Å²) >= 11 is 0. The molecule has 0 unspecified atom stereocenters. The van der Waals surface area contributed by atoms with Gasteiger partial charge in [0.15, 0.2) is 0 Å². The van der Waals surface area contributed by atoms with Crippen molar-refractivity contribution in [3.63, 3.8) is 0 Å². The van der Waals surface area contributed by atoms with Gasteiger partial charge in [-0.05, 0) is 44.9 Å². The topological polar surface area (TPSA) is 35.6 Å². The first-order chi connectivity index (χ1) is 9.49. The molecule has 118 valence electrons. The molecule has 1 aliphatic heterocycles. The van der Waals surface area contributed by atoms with Crippen molar-refractivity contribution in [2.75, 3.05) is 31.1 Å². The number of anilines is 1. The predicted octanol–water partition coefficient (Wildman–Crippen LogP) is 2.97. The molecule has 1 heterocycles. The summed E-state index contributed by atoms with van der Waals surface area (Å²) in [5.41, 5.74) is 3.96. The second-order valence-electron chi connectivity index (χ2n) is 5.80. The van der Waals surface area contributed by atoms with Crippen LogP contribution in [0.15, 0.2) is 18.2 Å². The molecule has 0 spiro atoms. The summed E-state index contributed by atoms with van der Waals surface area (Å²) in [7, 11) is 0. The quantitative estimate of drug-likeness (QED) is 0.911. The molecular formula is C16H26ClN3O. The van der Waals surface area contributed by atoms with Crippen molar-refractivity contribution in [2.45, 2.75) is 33.7 Å². The molecule has 1 aromatic carbocycles. The molecule has 2 amide bonds. The number of urea groups is 1. The van der Waals surface area contributed by atoms with E-state index in [1.54, 1.807) is 0 Å². The minimum Gasteiger partial charge on any atom is -0.368 e. The number of hydrogen-bond acceptors (Lipinski definition) is 2. The first kappa shape index (κ1) is 17.6. The van der Waals surface area contributed by atoms with E-state index in [1.165, 1.54) is 16.8 Å². The minimum absolute atomic E-state index is 0. The number of benzene rings is 1. The van der Waals surface area contributed by atoms with Crippen LogP contribution in [0.5, 0.6) is 0 Å². The Hall–Kier alpha value is -1.42. The van der Waals surface area contributed by atoms with E-state index in [0.29, 0.717) is 0 Å². The van der Waals surface area contributed by atoms with Crippen molar-refractivity contribution >= 4 is 24.1 Å². The van der Waals surface area contributed by atoms with Gasteiger partial charge in [-0.3, -0.25) is 0 Å². The Kier molecular flexibility index (Phi) is 6.34. The maximum atomic E-state index is 12.0. The van der Waals surface area contributed by atoms with Gasteiger partial charge in [-0.2, -0.15) is 0 Å². The van der Waals surface area contributed by atoms with Crippen LogP contribution < -0.4 is 10.2 Å². The average molecular weight is 312 g/mol. The predicted molar refractivity (Wildman–Crippen MR) is 90.6 cm³/mol. The zero-order valence-electron chi connectivity index (χ0n) is 13.3. The molecule has 1 N–H and O–H groups in total. The third-order valence-electron chi connectivity index (χ3n) is 3.90.